The van der Waals surface area contributed by atoms with Crippen LogP contribution in [0.25, 0.3) is 0 Å². The van der Waals surface area contributed by atoms with Crippen molar-refractivity contribution >= 4 is 21.9 Å². The van der Waals surface area contributed by atoms with Gasteiger partial charge in [-0.2, -0.15) is 0 Å². The predicted octanol–water partition coefficient (Wildman–Crippen LogP) is 0.230. The fourth-order valence-corrected chi connectivity index (χ4v) is 2.40. The molecule has 0 unspecified atom stereocenters. The minimum absolute atomic E-state index is 0.0169. The molecule has 1 rings (SSSR count). The lowest BCUT2D eigenvalue weighted by atomic mass is 10.2. The highest BCUT2D eigenvalue weighted by atomic mass is 32.2. The van der Waals surface area contributed by atoms with E-state index in [0.29, 0.717) is 0 Å². The van der Waals surface area contributed by atoms with E-state index >= 15 is 0 Å². The van der Waals surface area contributed by atoms with Gasteiger partial charge in [-0.15, -0.1) is 0 Å². The van der Waals surface area contributed by atoms with Crippen molar-refractivity contribution in [1.82, 2.24) is 9.62 Å². The summed E-state index contributed by atoms with van der Waals surface area (Å²) >= 11 is 0. The van der Waals surface area contributed by atoms with Crippen molar-refractivity contribution in [3.8, 4) is 0 Å². The van der Waals surface area contributed by atoms with Crippen molar-refractivity contribution in [2.75, 3.05) is 27.2 Å². The number of carbonyl (C=O) groups is 2. The number of sulfonamides is 1. The van der Waals surface area contributed by atoms with Crippen molar-refractivity contribution in [2.24, 2.45) is 0 Å². The molecule has 0 saturated heterocycles. The van der Waals surface area contributed by atoms with E-state index in [9.17, 15) is 18.0 Å². The van der Waals surface area contributed by atoms with E-state index in [-0.39, 0.29) is 29.5 Å². The van der Waals surface area contributed by atoms with Gasteiger partial charge in [0.1, 0.15) is 6.61 Å². The average molecular weight is 314 g/mol. The lowest BCUT2D eigenvalue weighted by Crippen LogP contribution is -2.25. The Kier molecular flexibility index (Phi) is 5.86. The number of rotatable bonds is 6. The van der Waals surface area contributed by atoms with E-state index in [1.807, 2.05) is 0 Å². The second kappa shape index (κ2) is 7.19. The van der Waals surface area contributed by atoms with Crippen molar-refractivity contribution in [1.29, 1.82) is 0 Å². The first kappa shape index (κ1) is 17.1. The number of carbonyl (C=O) groups excluding carboxylic acids is 2. The minimum atomic E-state index is -3.60. The highest BCUT2D eigenvalue weighted by Gasteiger charge is 2.19. The van der Waals surface area contributed by atoms with Crippen molar-refractivity contribution in [3.05, 3.63) is 29.8 Å². The first-order valence-corrected chi connectivity index (χ1v) is 7.63. The second-order valence-corrected chi connectivity index (χ2v) is 6.59. The zero-order valence-corrected chi connectivity index (χ0v) is 12.9. The van der Waals surface area contributed by atoms with Crippen LogP contribution in [0.3, 0.4) is 0 Å². The van der Waals surface area contributed by atoms with E-state index in [2.05, 4.69) is 5.32 Å². The molecule has 8 heteroatoms. The molecule has 0 atom stereocenters. The van der Waals surface area contributed by atoms with Gasteiger partial charge in [0.2, 0.25) is 15.9 Å². The standard InChI is InChI=1S/C13H18N2O5S/c1-10(16)14-7-8-20-13(17)11-5-4-6-12(9-11)21(18,19)15(2)3/h4-6,9H,7-8H2,1-3H3,(H,14,16). The van der Waals surface area contributed by atoms with Crippen LogP contribution in [-0.2, 0) is 19.6 Å². The maximum Gasteiger partial charge on any atom is 0.338 e. The number of amides is 1. The summed E-state index contributed by atoms with van der Waals surface area (Å²) in [6, 6.07) is 5.61. The Morgan fingerprint density at radius 2 is 1.95 bits per heavy atom. The third-order valence-electron chi connectivity index (χ3n) is 2.56. The summed E-state index contributed by atoms with van der Waals surface area (Å²) in [7, 11) is -0.780. The molecule has 0 radical (unpaired) electrons. The number of nitrogens with zero attached hydrogens (tertiary/aromatic N) is 1. The van der Waals surface area contributed by atoms with Gasteiger partial charge in [-0.05, 0) is 18.2 Å². The van der Waals surface area contributed by atoms with E-state index < -0.39 is 16.0 Å². The van der Waals surface area contributed by atoms with Gasteiger partial charge in [0.05, 0.1) is 17.0 Å². The highest BCUT2D eigenvalue weighted by molar-refractivity contribution is 7.89. The van der Waals surface area contributed by atoms with Gasteiger partial charge >= 0.3 is 5.97 Å². The molecule has 1 aromatic carbocycles. The number of hydrogen-bond acceptors (Lipinski definition) is 5. The second-order valence-electron chi connectivity index (χ2n) is 4.43. The Labute approximate surface area is 123 Å². The summed E-state index contributed by atoms with van der Waals surface area (Å²) in [4.78, 5) is 22.5. The summed E-state index contributed by atoms with van der Waals surface area (Å²) in [5.41, 5.74) is 0.140. The zero-order valence-electron chi connectivity index (χ0n) is 12.1. The Morgan fingerprint density at radius 1 is 1.29 bits per heavy atom. The monoisotopic (exact) mass is 314 g/mol. The van der Waals surface area contributed by atoms with Crippen LogP contribution in [0.1, 0.15) is 17.3 Å². The van der Waals surface area contributed by atoms with E-state index in [1.54, 1.807) is 0 Å². The first-order chi connectivity index (χ1) is 9.75. The van der Waals surface area contributed by atoms with Gasteiger partial charge in [0.25, 0.3) is 0 Å². The van der Waals surface area contributed by atoms with Crippen LogP contribution in [0.5, 0.6) is 0 Å². The molecule has 0 aromatic heterocycles. The summed E-state index contributed by atoms with van der Waals surface area (Å²) in [5, 5.41) is 2.48. The first-order valence-electron chi connectivity index (χ1n) is 6.19. The van der Waals surface area contributed by atoms with Crippen LogP contribution in [0.15, 0.2) is 29.2 Å². The molecule has 116 valence electrons. The molecule has 7 nitrogen and oxygen atoms in total. The minimum Gasteiger partial charge on any atom is -0.460 e. The van der Waals surface area contributed by atoms with Crippen molar-refractivity contribution in [2.45, 2.75) is 11.8 Å². The molecule has 0 spiro atoms. The van der Waals surface area contributed by atoms with Crippen LogP contribution in [0, 0.1) is 0 Å². The smallest absolute Gasteiger partial charge is 0.338 e. The van der Waals surface area contributed by atoms with Gasteiger partial charge in [-0.25, -0.2) is 17.5 Å². The molecule has 1 aromatic rings. The molecule has 1 amide bonds. The Hall–Kier alpha value is -1.93. The van der Waals surface area contributed by atoms with E-state index in [0.717, 1.165) is 4.31 Å². The maximum atomic E-state index is 12.0. The van der Waals surface area contributed by atoms with Crippen LogP contribution in [-0.4, -0.2) is 51.8 Å². The van der Waals surface area contributed by atoms with Crippen LogP contribution in [0.2, 0.25) is 0 Å². The molecule has 0 aliphatic carbocycles. The number of ether oxygens (including phenoxy) is 1. The largest absolute Gasteiger partial charge is 0.460 e. The van der Waals surface area contributed by atoms with Crippen LogP contribution in [0.4, 0.5) is 0 Å². The lowest BCUT2D eigenvalue weighted by molar-refractivity contribution is -0.119. The van der Waals surface area contributed by atoms with Crippen LogP contribution < -0.4 is 5.32 Å². The molecule has 0 aliphatic heterocycles. The molecule has 0 aliphatic rings. The quantitative estimate of drug-likeness (QED) is 0.599. The predicted molar refractivity (Wildman–Crippen MR) is 76.3 cm³/mol. The molecule has 21 heavy (non-hydrogen) atoms. The fraction of sp³-hybridized carbons (Fsp3) is 0.385. The molecule has 0 saturated carbocycles. The normalized spacial score (nSPS) is 11.2. The number of esters is 1. The Morgan fingerprint density at radius 3 is 2.52 bits per heavy atom. The molecule has 0 heterocycles. The van der Waals surface area contributed by atoms with Crippen LogP contribution >= 0.6 is 0 Å². The van der Waals surface area contributed by atoms with Crippen molar-refractivity contribution in [3.63, 3.8) is 0 Å². The summed E-state index contributed by atoms with van der Waals surface area (Å²) in [5.74, 6) is -0.860. The third-order valence-corrected chi connectivity index (χ3v) is 4.37. The topological polar surface area (TPSA) is 92.8 Å². The summed E-state index contributed by atoms with van der Waals surface area (Å²) < 4.78 is 29.9. The summed E-state index contributed by atoms with van der Waals surface area (Å²) in [6.45, 7) is 1.58. The molecular formula is C13H18N2O5S. The third kappa shape index (κ3) is 4.83. The van der Waals surface area contributed by atoms with E-state index in [4.69, 9.17) is 4.74 Å². The number of benzene rings is 1. The SMILES string of the molecule is CC(=O)NCCOC(=O)c1cccc(S(=O)(=O)N(C)C)c1. The number of nitrogens with one attached hydrogen (secondary N) is 1. The zero-order chi connectivity index (χ0) is 16.0. The van der Waals surface area contributed by atoms with Gasteiger partial charge < -0.3 is 10.1 Å². The van der Waals surface area contributed by atoms with Crippen molar-refractivity contribution < 1.29 is 22.7 Å². The maximum absolute atomic E-state index is 12.0. The van der Waals surface area contributed by atoms with Gasteiger partial charge in [0.15, 0.2) is 0 Å². The Balaban J connectivity index is 2.77. The van der Waals surface area contributed by atoms with Gasteiger partial charge in [-0.3, -0.25) is 4.79 Å². The van der Waals surface area contributed by atoms with Gasteiger partial charge in [-0.1, -0.05) is 6.07 Å². The molecule has 1 N–H and O–H groups in total. The molecule has 0 fully saturated rings. The lowest BCUT2D eigenvalue weighted by Gasteiger charge is -2.12. The number of hydrogen-bond donors (Lipinski definition) is 1. The van der Waals surface area contributed by atoms with Gasteiger partial charge in [0, 0.05) is 21.0 Å². The molecule has 0 bridgehead atoms. The average Bonchev–Trinajstić information content (AvgIpc) is 2.43. The summed E-state index contributed by atoms with van der Waals surface area (Å²) in [6.07, 6.45) is 0. The molecular weight excluding hydrogens is 296 g/mol. The highest BCUT2D eigenvalue weighted by Crippen LogP contribution is 2.15. The van der Waals surface area contributed by atoms with E-state index in [1.165, 1.54) is 45.3 Å². The fourth-order valence-electron chi connectivity index (χ4n) is 1.45. The Bertz CT molecular complexity index is 625.